The van der Waals surface area contributed by atoms with Gasteiger partial charge in [-0.1, -0.05) is 19.0 Å². The van der Waals surface area contributed by atoms with Crippen molar-refractivity contribution in [3.05, 3.63) is 39.7 Å². The van der Waals surface area contributed by atoms with E-state index in [-0.39, 0.29) is 17.5 Å². The summed E-state index contributed by atoms with van der Waals surface area (Å²) >= 11 is 0. The molecule has 0 bridgehead atoms. The molecule has 1 aromatic heterocycles. The van der Waals surface area contributed by atoms with Gasteiger partial charge in [0, 0.05) is 23.6 Å². The number of oxime groups is 1. The van der Waals surface area contributed by atoms with Gasteiger partial charge in [-0.15, -0.1) is 0 Å². The molecule has 0 spiro atoms. The second-order valence-electron chi connectivity index (χ2n) is 6.44. The first-order valence-corrected chi connectivity index (χ1v) is 7.93. The van der Waals surface area contributed by atoms with Crippen molar-refractivity contribution in [2.45, 2.75) is 40.2 Å². The van der Waals surface area contributed by atoms with E-state index >= 15 is 0 Å². The molecule has 2 aromatic rings. The predicted molar refractivity (Wildman–Crippen MR) is 92.4 cm³/mol. The van der Waals surface area contributed by atoms with Crippen LogP contribution in [0.5, 0.6) is 0 Å². The van der Waals surface area contributed by atoms with E-state index in [1.807, 2.05) is 33.8 Å². The third-order valence-corrected chi connectivity index (χ3v) is 4.20. The third kappa shape index (κ3) is 3.04. The fraction of sp³-hybridized carbons (Fsp3) is 0.389. The van der Waals surface area contributed by atoms with Crippen LogP contribution in [0.25, 0.3) is 11.0 Å². The normalized spacial score (nSPS) is 17.0. The van der Waals surface area contributed by atoms with E-state index in [9.17, 15) is 9.59 Å². The van der Waals surface area contributed by atoms with Crippen molar-refractivity contribution in [2.24, 2.45) is 11.1 Å². The fourth-order valence-corrected chi connectivity index (χ4v) is 2.69. The molecule has 0 saturated heterocycles. The van der Waals surface area contributed by atoms with Crippen LogP contribution in [-0.4, -0.2) is 17.7 Å². The number of carbonyl (C=O) groups is 1. The predicted octanol–water partition coefficient (Wildman–Crippen LogP) is 3.15. The summed E-state index contributed by atoms with van der Waals surface area (Å²) in [6, 6.07) is 5.01. The van der Waals surface area contributed by atoms with Crippen molar-refractivity contribution in [1.29, 1.82) is 0 Å². The molecular formula is C18H20N2O4. The lowest BCUT2D eigenvalue weighted by Crippen LogP contribution is -2.28. The number of rotatable bonds is 3. The van der Waals surface area contributed by atoms with Crippen LogP contribution in [0.2, 0.25) is 0 Å². The van der Waals surface area contributed by atoms with Crippen molar-refractivity contribution in [1.82, 2.24) is 0 Å². The summed E-state index contributed by atoms with van der Waals surface area (Å²) in [4.78, 5) is 29.1. The van der Waals surface area contributed by atoms with E-state index in [4.69, 9.17) is 9.25 Å². The molecule has 6 heteroatoms. The number of hydrogen-bond acceptors (Lipinski definition) is 5. The van der Waals surface area contributed by atoms with Gasteiger partial charge in [-0.25, -0.2) is 4.79 Å². The van der Waals surface area contributed by atoms with E-state index in [1.165, 1.54) is 6.07 Å². The zero-order valence-electron chi connectivity index (χ0n) is 14.2. The van der Waals surface area contributed by atoms with Gasteiger partial charge >= 0.3 is 5.63 Å². The van der Waals surface area contributed by atoms with Crippen molar-refractivity contribution < 1.29 is 14.0 Å². The molecule has 1 aromatic carbocycles. The monoisotopic (exact) mass is 328 g/mol. The minimum Gasteiger partial charge on any atom is -0.423 e. The van der Waals surface area contributed by atoms with Crippen LogP contribution >= 0.6 is 0 Å². The molecule has 1 aliphatic heterocycles. The second kappa shape index (κ2) is 6.11. The van der Waals surface area contributed by atoms with E-state index < -0.39 is 6.10 Å². The fourth-order valence-electron chi connectivity index (χ4n) is 2.69. The highest BCUT2D eigenvalue weighted by Gasteiger charge is 2.29. The minimum atomic E-state index is -0.604. The number of benzene rings is 1. The third-order valence-electron chi connectivity index (χ3n) is 4.20. The van der Waals surface area contributed by atoms with Crippen LogP contribution in [0.15, 0.2) is 32.6 Å². The number of hydrogen-bond donors (Lipinski definition) is 1. The number of aryl methyl sites for hydroxylation is 2. The standard InChI is InChI=1S/C18H20N2O4/c1-9(2)13-8-16(24-20-13)18(22)19-14-7-12-10(3)6-17(21)23-15(12)5-11(14)4/h5-7,9,16H,8H2,1-4H3,(H,19,22). The van der Waals surface area contributed by atoms with Crippen LogP contribution in [0.4, 0.5) is 5.69 Å². The number of nitrogens with one attached hydrogen (secondary N) is 1. The highest BCUT2D eigenvalue weighted by atomic mass is 16.6. The maximum atomic E-state index is 12.4. The molecule has 2 heterocycles. The average molecular weight is 328 g/mol. The van der Waals surface area contributed by atoms with Gasteiger partial charge in [0.1, 0.15) is 5.58 Å². The van der Waals surface area contributed by atoms with Crippen molar-refractivity contribution in [2.75, 3.05) is 5.32 Å². The van der Waals surface area contributed by atoms with Gasteiger partial charge in [0.25, 0.3) is 5.91 Å². The van der Waals surface area contributed by atoms with Crippen molar-refractivity contribution in [3.8, 4) is 0 Å². The van der Waals surface area contributed by atoms with E-state index in [2.05, 4.69) is 10.5 Å². The van der Waals surface area contributed by atoms with Gasteiger partial charge in [-0.2, -0.15) is 0 Å². The largest absolute Gasteiger partial charge is 0.423 e. The molecule has 1 atom stereocenters. The van der Waals surface area contributed by atoms with Gasteiger partial charge in [0.15, 0.2) is 0 Å². The van der Waals surface area contributed by atoms with E-state index in [0.29, 0.717) is 17.7 Å². The summed E-state index contributed by atoms with van der Waals surface area (Å²) in [5.74, 6) is 0.0302. The highest BCUT2D eigenvalue weighted by molar-refractivity contribution is 6.01. The number of fused-ring (bicyclic) bond motifs is 1. The maximum Gasteiger partial charge on any atom is 0.336 e. The maximum absolute atomic E-state index is 12.4. The first-order chi connectivity index (χ1) is 11.3. The van der Waals surface area contributed by atoms with Gasteiger partial charge in [0.05, 0.1) is 5.71 Å². The Bertz CT molecular complexity index is 896. The molecule has 0 saturated carbocycles. The summed E-state index contributed by atoms with van der Waals surface area (Å²) < 4.78 is 5.21. The molecule has 24 heavy (non-hydrogen) atoms. The van der Waals surface area contributed by atoms with E-state index in [0.717, 1.165) is 22.2 Å². The topological polar surface area (TPSA) is 80.9 Å². The lowest BCUT2D eigenvalue weighted by molar-refractivity contribution is -0.125. The summed E-state index contributed by atoms with van der Waals surface area (Å²) in [7, 11) is 0. The molecule has 1 aliphatic rings. The smallest absolute Gasteiger partial charge is 0.336 e. The molecule has 126 valence electrons. The summed E-state index contributed by atoms with van der Waals surface area (Å²) in [5, 5.41) is 7.66. The SMILES string of the molecule is Cc1cc2oc(=O)cc(C)c2cc1NC(=O)C1CC(C(C)C)=NO1. The Morgan fingerprint density at radius 3 is 2.67 bits per heavy atom. The molecule has 1 amide bonds. The lowest BCUT2D eigenvalue weighted by atomic mass is 10.0. The average Bonchev–Trinajstić information content (AvgIpc) is 2.98. The Morgan fingerprint density at radius 1 is 1.25 bits per heavy atom. The molecule has 0 aliphatic carbocycles. The Kier molecular flexibility index (Phi) is 4.13. The minimum absolute atomic E-state index is 0.230. The van der Waals surface area contributed by atoms with Gasteiger partial charge in [-0.05, 0) is 43.0 Å². The Labute approximate surface area is 139 Å². The second-order valence-corrected chi connectivity index (χ2v) is 6.44. The Morgan fingerprint density at radius 2 is 2.00 bits per heavy atom. The summed E-state index contributed by atoms with van der Waals surface area (Å²) in [6.45, 7) is 7.73. The van der Waals surface area contributed by atoms with Crippen LogP contribution in [-0.2, 0) is 9.63 Å². The van der Waals surface area contributed by atoms with E-state index in [1.54, 1.807) is 6.07 Å². The molecule has 0 radical (unpaired) electrons. The Balaban J connectivity index is 1.84. The van der Waals surface area contributed by atoms with Gasteiger partial charge in [-0.3, -0.25) is 4.79 Å². The zero-order valence-corrected chi connectivity index (χ0v) is 14.2. The van der Waals surface area contributed by atoms with Crippen LogP contribution in [0.3, 0.4) is 0 Å². The van der Waals surface area contributed by atoms with Gasteiger partial charge in [0.2, 0.25) is 6.10 Å². The molecule has 0 fully saturated rings. The lowest BCUT2D eigenvalue weighted by Gasteiger charge is -2.13. The number of carbonyl (C=O) groups excluding carboxylic acids is 1. The number of nitrogens with zero attached hydrogens (tertiary/aromatic N) is 1. The Hall–Kier alpha value is -2.63. The van der Waals surface area contributed by atoms with Crippen LogP contribution < -0.4 is 10.9 Å². The molecule has 3 rings (SSSR count). The number of anilines is 1. The zero-order chi connectivity index (χ0) is 17.4. The van der Waals surface area contributed by atoms with Gasteiger partial charge < -0.3 is 14.6 Å². The first-order valence-electron chi connectivity index (χ1n) is 7.93. The van der Waals surface area contributed by atoms with Crippen molar-refractivity contribution >= 4 is 28.3 Å². The quantitative estimate of drug-likeness (QED) is 0.878. The molecular weight excluding hydrogens is 308 g/mol. The molecule has 1 N–H and O–H groups in total. The van der Waals surface area contributed by atoms with Crippen LogP contribution in [0, 0.1) is 19.8 Å². The van der Waals surface area contributed by atoms with Crippen LogP contribution in [0.1, 0.15) is 31.4 Å². The summed E-state index contributed by atoms with van der Waals surface area (Å²) in [6.07, 6.45) is -0.100. The molecule has 6 nitrogen and oxygen atoms in total. The summed E-state index contributed by atoms with van der Waals surface area (Å²) in [5.41, 5.74) is 3.31. The number of amides is 1. The first kappa shape index (κ1) is 16.2. The highest BCUT2D eigenvalue weighted by Crippen LogP contribution is 2.26. The molecule has 1 unspecified atom stereocenters. The van der Waals surface area contributed by atoms with Crippen molar-refractivity contribution in [3.63, 3.8) is 0 Å².